The van der Waals surface area contributed by atoms with Crippen LogP contribution in [0.15, 0.2) is 35.4 Å². The van der Waals surface area contributed by atoms with Crippen molar-refractivity contribution in [3.8, 4) is 24.7 Å². The Kier molecular flexibility index (Phi) is 4.34. The number of hydrogen-bond donors (Lipinski definition) is 1. The summed E-state index contributed by atoms with van der Waals surface area (Å²) in [5, 5.41) is 0. The van der Waals surface area contributed by atoms with Crippen molar-refractivity contribution in [1.29, 1.82) is 0 Å². The van der Waals surface area contributed by atoms with Crippen molar-refractivity contribution < 1.29 is 4.74 Å². The summed E-state index contributed by atoms with van der Waals surface area (Å²) in [6, 6.07) is 0. The van der Waals surface area contributed by atoms with Crippen molar-refractivity contribution >= 4 is 0 Å². The monoisotopic (exact) mass is 254 g/mol. The molecule has 0 spiro atoms. The van der Waals surface area contributed by atoms with Crippen LogP contribution in [0.3, 0.4) is 0 Å². The van der Waals surface area contributed by atoms with Crippen LogP contribution in [-0.4, -0.2) is 24.6 Å². The highest BCUT2D eigenvalue weighted by Gasteiger charge is 2.31. The van der Waals surface area contributed by atoms with Crippen LogP contribution in [0.4, 0.5) is 0 Å². The highest BCUT2D eigenvalue weighted by Crippen LogP contribution is 2.40. The average Bonchev–Trinajstić information content (AvgIpc) is 2.75. The third-order valence-corrected chi connectivity index (χ3v) is 3.34. The zero-order valence-corrected chi connectivity index (χ0v) is 10.9. The average molecular weight is 254 g/mol. The molecule has 1 heterocycles. The fraction of sp³-hybridized carbons (Fsp3) is 0.375. The van der Waals surface area contributed by atoms with Crippen molar-refractivity contribution in [2.24, 2.45) is 11.7 Å². The van der Waals surface area contributed by atoms with E-state index in [4.69, 9.17) is 23.3 Å². The van der Waals surface area contributed by atoms with Gasteiger partial charge in [0.25, 0.3) is 0 Å². The molecule has 0 saturated carbocycles. The van der Waals surface area contributed by atoms with Gasteiger partial charge in [-0.25, -0.2) is 0 Å². The molecule has 1 aliphatic carbocycles. The molecule has 0 bridgehead atoms. The van der Waals surface area contributed by atoms with Crippen LogP contribution in [-0.2, 0) is 4.74 Å². The largest absolute Gasteiger partial charge is 0.485 e. The number of rotatable bonds is 5. The molecule has 19 heavy (non-hydrogen) atoms. The fourth-order valence-electron chi connectivity index (χ4n) is 2.53. The van der Waals surface area contributed by atoms with Gasteiger partial charge in [0.2, 0.25) is 0 Å². The standard InChI is InChI=1S/C16H18N2O/c1-3-9-18-12-13(7-8-17)15-11-14(19-10-4-2)5-6-16(15)18/h1-2,5-6,12,15H,7-11,17H2. The normalized spacial score (nSPS) is 20.7. The second-order valence-electron chi connectivity index (χ2n) is 4.55. The van der Waals surface area contributed by atoms with Gasteiger partial charge in [-0.1, -0.05) is 11.8 Å². The van der Waals surface area contributed by atoms with Crippen LogP contribution >= 0.6 is 0 Å². The summed E-state index contributed by atoms with van der Waals surface area (Å²) in [7, 11) is 0. The van der Waals surface area contributed by atoms with E-state index in [0.717, 1.165) is 18.6 Å². The van der Waals surface area contributed by atoms with Crippen molar-refractivity contribution in [1.82, 2.24) is 4.90 Å². The summed E-state index contributed by atoms with van der Waals surface area (Å²) in [5.41, 5.74) is 8.22. The Morgan fingerprint density at radius 2 is 2.21 bits per heavy atom. The summed E-state index contributed by atoms with van der Waals surface area (Å²) in [4.78, 5) is 2.12. The lowest BCUT2D eigenvalue weighted by atomic mass is 9.89. The molecule has 1 aliphatic heterocycles. The van der Waals surface area contributed by atoms with Gasteiger partial charge in [-0.3, -0.25) is 0 Å². The third-order valence-electron chi connectivity index (χ3n) is 3.34. The lowest BCUT2D eigenvalue weighted by Crippen LogP contribution is -2.19. The zero-order chi connectivity index (χ0) is 13.7. The van der Waals surface area contributed by atoms with E-state index < -0.39 is 0 Å². The van der Waals surface area contributed by atoms with E-state index in [1.165, 1.54) is 11.3 Å². The Hall–Kier alpha value is -2.10. The third kappa shape index (κ3) is 2.84. The van der Waals surface area contributed by atoms with E-state index >= 15 is 0 Å². The van der Waals surface area contributed by atoms with Crippen LogP contribution < -0.4 is 5.73 Å². The summed E-state index contributed by atoms with van der Waals surface area (Å²) in [5.74, 6) is 6.42. The topological polar surface area (TPSA) is 38.5 Å². The molecule has 2 rings (SSSR count). The maximum Gasteiger partial charge on any atom is 0.148 e. The van der Waals surface area contributed by atoms with Gasteiger partial charge in [0.15, 0.2) is 0 Å². The first-order valence-electron chi connectivity index (χ1n) is 6.38. The molecule has 0 saturated heterocycles. The Labute approximate surface area is 114 Å². The molecule has 0 amide bonds. The second-order valence-corrected chi connectivity index (χ2v) is 4.55. The second kappa shape index (κ2) is 6.18. The number of hydrogen-bond acceptors (Lipinski definition) is 3. The Bertz CT molecular complexity index is 514. The molecule has 2 aliphatic rings. The van der Waals surface area contributed by atoms with Gasteiger partial charge in [-0.2, -0.15) is 0 Å². The Morgan fingerprint density at radius 3 is 2.89 bits per heavy atom. The van der Waals surface area contributed by atoms with Gasteiger partial charge in [0, 0.05) is 24.2 Å². The first kappa shape index (κ1) is 13.3. The predicted octanol–water partition coefficient (Wildman–Crippen LogP) is 1.61. The number of allylic oxidation sites excluding steroid dienone is 4. The maximum absolute atomic E-state index is 5.67. The van der Waals surface area contributed by atoms with E-state index in [-0.39, 0.29) is 0 Å². The fourth-order valence-corrected chi connectivity index (χ4v) is 2.53. The van der Waals surface area contributed by atoms with E-state index in [1.807, 2.05) is 6.08 Å². The molecule has 3 nitrogen and oxygen atoms in total. The highest BCUT2D eigenvalue weighted by molar-refractivity contribution is 5.37. The molecule has 0 radical (unpaired) electrons. The van der Waals surface area contributed by atoms with Gasteiger partial charge in [-0.05, 0) is 30.7 Å². The number of nitrogens with zero attached hydrogens (tertiary/aromatic N) is 1. The van der Waals surface area contributed by atoms with E-state index in [0.29, 0.717) is 25.6 Å². The first-order chi connectivity index (χ1) is 9.30. The maximum atomic E-state index is 5.67. The van der Waals surface area contributed by atoms with E-state index in [1.54, 1.807) is 0 Å². The highest BCUT2D eigenvalue weighted by atomic mass is 16.5. The van der Waals surface area contributed by atoms with Crippen molar-refractivity contribution in [3.63, 3.8) is 0 Å². The number of fused-ring (bicyclic) bond motifs is 1. The molecule has 98 valence electrons. The smallest absolute Gasteiger partial charge is 0.148 e. The Morgan fingerprint density at radius 1 is 1.37 bits per heavy atom. The van der Waals surface area contributed by atoms with Crippen molar-refractivity contribution in [2.75, 3.05) is 19.7 Å². The summed E-state index contributed by atoms with van der Waals surface area (Å²) in [6.45, 7) is 1.54. The number of nitrogens with two attached hydrogens (primary N) is 1. The molecule has 0 aromatic heterocycles. The van der Waals surface area contributed by atoms with E-state index in [9.17, 15) is 0 Å². The molecule has 2 N–H and O–H groups in total. The predicted molar refractivity (Wildman–Crippen MR) is 76.4 cm³/mol. The molecule has 1 unspecified atom stereocenters. The van der Waals surface area contributed by atoms with Crippen LogP contribution in [0.2, 0.25) is 0 Å². The molecule has 0 aromatic rings. The Balaban J connectivity index is 2.17. The van der Waals surface area contributed by atoms with Crippen LogP contribution in [0, 0.1) is 30.6 Å². The lowest BCUT2D eigenvalue weighted by Gasteiger charge is -2.25. The minimum Gasteiger partial charge on any atom is -0.485 e. The first-order valence-corrected chi connectivity index (χ1v) is 6.38. The van der Waals surface area contributed by atoms with Crippen molar-refractivity contribution in [3.05, 3.63) is 35.4 Å². The van der Waals surface area contributed by atoms with Crippen LogP contribution in [0.25, 0.3) is 0 Å². The van der Waals surface area contributed by atoms with Gasteiger partial charge in [-0.15, -0.1) is 12.8 Å². The molecule has 0 fully saturated rings. The van der Waals surface area contributed by atoms with Gasteiger partial charge >= 0.3 is 0 Å². The number of terminal acetylenes is 2. The van der Waals surface area contributed by atoms with E-state index in [2.05, 4.69) is 29.0 Å². The minimum absolute atomic E-state index is 0.311. The molecular formula is C16H18N2O. The summed E-state index contributed by atoms with van der Waals surface area (Å²) in [6.07, 6.45) is 18.5. The molecule has 0 aromatic carbocycles. The lowest BCUT2D eigenvalue weighted by molar-refractivity contribution is 0.231. The van der Waals surface area contributed by atoms with Crippen molar-refractivity contribution in [2.45, 2.75) is 12.8 Å². The van der Waals surface area contributed by atoms with Gasteiger partial charge < -0.3 is 15.4 Å². The van der Waals surface area contributed by atoms with Crippen LogP contribution in [0.1, 0.15) is 12.8 Å². The SMILES string of the molecule is C#CCOC1=CC=C2C(C1)C(CCN)=CN2CC#C. The number of ether oxygens (including phenoxy) is 1. The zero-order valence-electron chi connectivity index (χ0n) is 10.9. The van der Waals surface area contributed by atoms with Gasteiger partial charge in [0.1, 0.15) is 6.61 Å². The summed E-state index contributed by atoms with van der Waals surface area (Å²) < 4.78 is 5.53. The minimum atomic E-state index is 0.311. The molecule has 1 atom stereocenters. The quantitative estimate of drug-likeness (QED) is 0.757. The summed E-state index contributed by atoms with van der Waals surface area (Å²) >= 11 is 0. The molecular weight excluding hydrogens is 236 g/mol. The molecule has 3 heteroatoms. The van der Waals surface area contributed by atoms with Gasteiger partial charge in [0.05, 0.1) is 12.3 Å². The van der Waals surface area contributed by atoms with Crippen LogP contribution in [0.5, 0.6) is 0 Å².